The van der Waals surface area contributed by atoms with Gasteiger partial charge in [0.25, 0.3) is 11.8 Å². The SMILES string of the molecule is Cc1ccc(CC(=O)N(C)CCc2noc(-c3ccc(C(=O)N4CCCCC4)cc3)n2)cc1. The highest BCUT2D eigenvalue weighted by Gasteiger charge is 2.19. The van der Waals surface area contributed by atoms with E-state index in [1.54, 1.807) is 11.9 Å². The molecule has 0 N–H and O–H groups in total. The number of benzene rings is 2. The summed E-state index contributed by atoms with van der Waals surface area (Å²) in [4.78, 5) is 33.2. The third kappa shape index (κ3) is 5.86. The van der Waals surface area contributed by atoms with Crippen LogP contribution in [-0.4, -0.2) is 58.4 Å². The highest BCUT2D eigenvalue weighted by Crippen LogP contribution is 2.20. The second kappa shape index (κ2) is 10.4. The Morgan fingerprint density at radius 3 is 2.39 bits per heavy atom. The van der Waals surface area contributed by atoms with E-state index in [4.69, 9.17) is 4.52 Å². The van der Waals surface area contributed by atoms with Gasteiger partial charge in [0, 0.05) is 44.2 Å². The van der Waals surface area contributed by atoms with Crippen molar-refractivity contribution in [2.45, 2.75) is 39.0 Å². The molecule has 1 aromatic heterocycles. The Hall–Kier alpha value is -3.48. The van der Waals surface area contributed by atoms with Crippen LogP contribution in [0.3, 0.4) is 0 Å². The summed E-state index contributed by atoms with van der Waals surface area (Å²) in [7, 11) is 1.79. The molecular formula is C26H30N4O3. The molecule has 0 unspecified atom stereocenters. The predicted molar refractivity (Wildman–Crippen MR) is 126 cm³/mol. The molecule has 0 bridgehead atoms. The molecule has 7 nitrogen and oxygen atoms in total. The quantitative estimate of drug-likeness (QED) is 0.550. The average Bonchev–Trinajstić information content (AvgIpc) is 3.33. The minimum Gasteiger partial charge on any atom is -0.345 e. The monoisotopic (exact) mass is 446 g/mol. The molecule has 1 saturated heterocycles. The number of carbonyl (C=O) groups is 2. The van der Waals surface area contributed by atoms with Crippen LogP contribution < -0.4 is 0 Å². The average molecular weight is 447 g/mol. The third-order valence-electron chi connectivity index (χ3n) is 6.06. The molecule has 1 fully saturated rings. The van der Waals surface area contributed by atoms with Crippen LogP contribution in [0.25, 0.3) is 11.5 Å². The number of rotatable bonds is 7. The van der Waals surface area contributed by atoms with Crippen molar-refractivity contribution in [3.8, 4) is 11.5 Å². The number of aromatic nitrogens is 2. The zero-order valence-electron chi connectivity index (χ0n) is 19.3. The summed E-state index contributed by atoms with van der Waals surface area (Å²) in [5.74, 6) is 1.09. The van der Waals surface area contributed by atoms with E-state index >= 15 is 0 Å². The molecule has 33 heavy (non-hydrogen) atoms. The molecule has 2 heterocycles. The largest absolute Gasteiger partial charge is 0.345 e. The summed E-state index contributed by atoms with van der Waals surface area (Å²) in [5.41, 5.74) is 3.62. The Kier molecular flexibility index (Phi) is 7.17. The zero-order valence-corrected chi connectivity index (χ0v) is 19.3. The molecule has 1 aliphatic heterocycles. The fourth-order valence-electron chi connectivity index (χ4n) is 3.92. The number of amides is 2. The number of likely N-dealkylation sites (tertiary alicyclic amines) is 1. The number of piperidine rings is 1. The molecule has 0 radical (unpaired) electrons. The van der Waals surface area contributed by atoms with E-state index in [0.29, 0.717) is 36.7 Å². The highest BCUT2D eigenvalue weighted by molar-refractivity contribution is 5.94. The van der Waals surface area contributed by atoms with Gasteiger partial charge in [0.15, 0.2) is 5.82 Å². The smallest absolute Gasteiger partial charge is 0.257 e. The maximum absolute atomic E-state index is 12.6. The summed E-state index contributed by atoms with van der Waals surface area (Å²) in [6.07, 6.45) is 4.21. The zero-order chi connectivity index (χ0) is 23.2. The van der Waals surface area contributed by atoms with Crippen LogP contribution in [0, 0.1) is 6.92 Å². The summed E-state index contributed by atoms with van der Waals surface area (Å²) in [5, 5.41) is 4.05. The lowest BCUT2D eigenvalue weighted by Crippen LogP contribution is -2.35. The van der Waals surface area contributed by atoms with Gasteiger partial charge in [0.05, 0.1) is 6.42 Å². The Morgan fingerprint density at radius 2 is 1.70 bits per heavy atom. The molecule has 0 atom stereocenters. The van der Waals surface area contributed by atoms with Crippen molar-refractivity contribution in [3.05, 3.63) is 71.0 Å². The lowest BCUT2D eigenvalue weighted by molar-refractivity contribution is -0.129. The van der Waals surface area contributed by atoms with E-state index in [0.717, 1.165) is 37.1 Å². The number of hydrogen-bond acceptors (Lipinski definition) is 5. The van der Waals surface area contributed by atoms with E-state index in [2.05, 4.69) is 10.1 Å². The number of aryl methyl sites for hydroxylation is 1. The normalized spacial score (nSPS) is 13.7. The van der Waals surface area contributed by atoms with Crippen molar-refractivity contribution in [2.24, 2.45) is 0 Å². The standard InChI is InChI=1S/C26H30N4O3/c1-19-6-8-20(9-7-19)18-24(31)29(2)17-14-23-27-25(33-28-23)21-10-12-22(13-11-21)26(32)30-15-4-3-5-16-30/h6-13H,3-5,14-18H2,1-2H3. The summed E-state index contributed by atoms with van der Waals surface area (Å²) >= 11 is 0. The van der Waals surface area contributed by atoms with Crippen LogP contribution >= 0.6 is 0 Å². The van der Waals surface area contributed by atoms with Crippen molar-refractivity contribution < 1.29 is 14.1 Å². The minimum absolute atomic E-state index is 0.0523. The first kappa shape index (κ1) is 22.7. The van der Waals surface area contributed by atoms with E-state index in [9.17, 15) is 9.59 Å². The van der Waals surface area contributed by atoms with E-state index in [-0.39, 0.29) is 11.8 Å². The molecule has 0 saturated carbocycles. The van der Waals surface area contributed by atoms with Gasteiger partial charge in [0.2, 0.25) is 5.91 Å². The molecule has 7 heteroatoms. The fraction of sp³-hybridized carbons (Fsp3) is 0.385. The summed E-state index contributed by atoms with van der Waals surface area (Å²) in [6, 6.07) is 15.3. The maximum Gasteiger partial charge on any atom is 0.257 e. The maximum atomic E-state index is 12.6. The lowest BCUT2D eigenvalue weighted by atomic mass is 10.1. The molecule has 0 aliphatic carbocycles. The number of nitrogens with zero attached hydrogens (tertiary/aromatic N) is 4. The van der Waals surface area contributed by atoms with Gasteiger partial charge in [0.1, 0.15) is 0 Å². The van der Waals surface area contributed by atoms with Gasteiger partial charge in [-0.2, -0.15) is 4.98 Å². The van der Waals surface area contributed by atoms with Crippen molar-refractivity contribution in [1.29, 1.82) is 0 Å². The van der Waals surface area contributed by atoms with Crippen LogP contribution in [0.4, 0.5) is 0 Å². The van der Waals surface area contributed by atoms with Crippen LogP contribution in [0.1, 0.15) is 46.6 Å². The lowest BCUT2D eigenvalue weighted by Gasteiger charge is -2.26. The van der Waals surface area contributed by atoms with Gasteiger partial charge >= 0.3 is 0 Å². The predicted octanol–water partition coefficient (Wildman–Crippen LogP) is 3.91. The Bertz CT molecular complexity index is 1080. The van der Waals surface area contributed by atoms with Gasteiger partial charge in [-0.3, -0.25) is 9.59 Å². The van der Waals surface area contributed by atoms with Gasteiger partial charge < -0.3 is 14.3 Å². The minimum atomic E-state index is 0.0523. The molecule has 0 spiro atoms. The fourth-order valence-corrected chi connectivity index (χ4v) is 3.92. The van der Waals surface area contributed by atoms with Crippen LogP contribution in [0.15, 0.2) is 53.1 Å². The topological polar surface area (TPSA) is 79.5 Å². The van der Waals surface area contributed by atoms with Crippen LogP contribution in [0.2, 0.25) is 0 Å². The first-order chi connectivity index (χ1) is 16.0. The summed E-state index contributed by atoms with van der Waals surface area (Å²) < 4.78 is 5.41. The van der Waals surface area contributed by atoms with Gasteiger partial charge in [-0.25, -0.2) is 0 Å². The van der Waals surface area contributed by atoms with Crippen LogP contribution in [-0.2, 0) is 17.6 Å². The molecule has 3 aromatic rings. The second-order valence-corrected chi connectivity index (χ2v) is 8.67. The van der Waals surface area contributed by atoms with Gasteiger partial charge in [-0.1, -0.05) is 35.0 Å². The Morgan fingerprint density at radius 1 is 1.00 bits per heavy atom. The first-order valence-electron chi connectivity index (χ1n) is 11.5. The molecular weight excluding hydrogens is 416 g/mol. The second-order valence-electron chi connectivity index (χ2n) is 8.67. The first-order valence-corrected chi connectivity index (χ1v) is 11.5. The number of likely N-dealkylation sites (N-methyl/N-ethyl adjacent to an activating group) is 1. The summed E-state index contributed by atoms with van der Waals surface area (Å²) in [6.45, 7) is 4.19. The van der Waals surface area contributed by atoms with E-state index < -0.39 is 0 Å². The molecule has 2 aromatic carbocycles. The number of carbonyl (C=O) groups excluding carboxylic acids is 2. The molecule has 4 rings (SSSR count). The van der Waals surface area contributed by atoms with E-state index in [1.165, 1.54) is 12.0 Å². The highest BCUT2D eigenvalue weighted by atomic mass is 16.5. The van der Waals surface area contributed by atoms with Crippen molar-refractivity contribution in [2.75, 3.05) is 26.7 Å². The third-order valence-corrected chi connectivity index (χ3v) is 6.06. The Balaban J connectivity index is 1.30. The van der Waals surface area contributed by atoms with Crippen LogP contribution in [0.5, 0.6) is 0 Å². The molecule has 2 amide bonds. The molecule has 1 aliphatic rings. The molecule has 172 valence electrons. The van der Waals surface area contributed by atoms with Crippen molar-refractivity contribution in [3.63, 3.8) is 0 Å². The Labute approximate surface area is 194 Å². The van der Waals surface area contributed by atoms with Gasteiger partial charge in [-0.05, 0) is 56.0 Å². The van der Waals surface area contributed by atoms with E-state index in [1.807, 2.05) is 60.4 Å². The van der Waals surface area contributed by atoms with Crippen molar-refractivity contribution >= 4 is 11.8 Å². The van der Waals surface area contributed by atoms with Gasteiger partial charge in [-0.15, -0.1) is 0 Å². The number of hydrogen-bond donors (Lipinski definition) is 0. The van der Waals surface area contributed by atoms with Crippen molar-refractivity contribution in [1.82, 2.24) is 19.9 Å².